The number of fused-ring (bicyclic) bond motifs is 1. The molecule has 8 heteroatoms. The molecular formula is C28H35NO7. The minimum Gasteiger partial charge on any atom is -0.507 e. The zero-order valence-electron chi connectivity index (χ0n) is 21.2. The van der Waals surface area contributed by atoms with Gasteiger partial charge in [-0.25, -0.2) is 4.79 Å². The largest absolute Gasteiger partial charge is 0.507 e. The van der Waals surface area contributed by atoms with Crippen molar-refractivity contribution in [2.45, 2.75) is 51.6 Å². The van der Waals surface area contributed by atoms with Crippen LogP contribution in [0.2, 0.25) is 0 Å². The minimum absolute atomic E-state index is 0.105. The quantitative estimate of drug-likeness (QED) is 0.258. The van der Waals surface area contributed by atoms with Crippen LogP contribution in [0.5, 0.6) is 23.0 Å². The Morgan fingerprint density at radius 2 is 1.86 bits per heavy atom. The molecule has 0 saturated heterocycles. The molecule has 0 fully saturated rings. The lowest BCUT2D eigenvalue weighted by Crippen LogP contribution is -2.32. The van der Waals surface area contributed by atoms with Gasteiger partial charge in [-0.1, -0.05) is 25.5 Å². The number of allylic oxidation sites excluding steroid dienone is 1. The highest BCUT2D eigenvalue weighted by molar-refractivity contribution is 5.97. The van der Waals surface area contributed by atoms with E-state index in [1.54, 1.807) is 12.1 Å². The number of benzene rings is 2. The van der Waals surface area contributed by atoms with Crippen molar-refractivity contribution in [3.8, 4) is 23.0 Å². The van der Waals surface area contributed by atoms with Gasteiger partial charge in [0, 0.05) is 24.6 Å². The molecule has 0 bridgehead atoms. The fraction of sp³-hybridized carbons (Fsp3) is 0.429. The normalized spacial score (nSPS) is 14.2. The van der Waals surface area contributed by atoms with Crippen molar-refractivity contribution in [2.24, 2.45) is 0 Å². The van der Waals surface area contributed by atoms with E-state index in [1.165, 1.54) is 20.2 Å². The number of carbonyl (C=O) groups excluding carboxylic acids is 2. The van der Waals surface area contributed by atoms with E-state index in [9.17, 15) is 14.7 Å². The highest BCUT2D eigenvalue weighted by Crippen LogP contribution is 2.38. The highest BCUT2D eigenvalue weighted by Gasteiger charge is 2.29. The van der Waals surface area contributed by atoms with E-state index in [1.807, 2.05) is 12.1 Å². The molecule has 1 atom stereocenters. The van der Waals surface area contributed by atoms with E-state index in [-0.39, 0.29) is 23.2 Å². The number of rotatable bonds is 12. The molecule has 36 heavy (non-hydrogen) atoms. The number of aromatic hydroxyl groups is 1. The number of carbonyl (C=O) groups is 2. The van der Waals surface area contributed by atoms with E-state index in [0.29, 0.717) is 43.8 Å². The van der Waals surface area contributed by atoms with Crippen LogP contribution >= 0.6 is 0 Å². The lowest BCUT2D eigenvalue weighted by atomic mass is 9.96. The van der Waals surface area contributed by atoms with E-state index >= 15 is 0 Å². The first-order chi connectivity index (χ1) is 17.4. The third-order valence-corrected chi connectivity index (χ3v) is 6.06. The molecule has 0 aromatic heterocycles. The maximum atomic E-state index is 12.0. The summed E-state index contributed by atoms with van der Waals surface area (Å²) in [6, 6.07) is 7.18. The van der Waals surface area contributed by atoms with Gasteiger partial charge in [-0.05, 0) is 49.4 Å². The first-order valence-electron chi connectivity index (χ1n) is 12.3. The zero-order chi connectivity index (χ0) is 26.1. The van der Waals surface area contributed by atoms with E-state index in [2.05, 4.69) is 18.8 Å². The number of esters is 1. The van der Waals surface area contributed by atoms with E-state index in [4.69, 9.17) is 18.9 Å². The third-order valence-electron chi connectivity index (χ3n) is 6.06. The molecule has 0 aliphatic carbocycles. The molecule has 3 rings (SSSR count). The van der Waals surface area contributed by atoms with Crippen LogP contribution in [0.15, 0.2) is 36.9 Å². The fourth-order valence-electron chi connectivity index (χ4n) is 4.24. The molecule has 8 nitrogen and oxygen atoms in total. The third kappa shape index (κ3) is 6.11. The van der Waals surface area contributed by atoms with Crippen molar-refractivity contribution in [3.05, 3.63) is 59.2 Å². The minimum atomic E-state index is -0.599. The van der Waals surface area contributed by atoms with Gasteiger partial charge in [-0.15, -0.1) is 6.58 Å². The first-order valence-corrected chi connectivity index (χ1v) is 12.3. The van der Waals surface area contributed by atoms with Crippen LogP contribution in [0, 0.1) is 0 Å². The zero-order valence-corrected chi connectivity index (χ0v) is 21.2. The number of methoxy groups -OCH3 is 1. The maximum Gasteiger partial charge on any atom is 0.347 e. The number of hydrogen-bond donors (Lipinski definition) is 2. The van der Waals surface area contributed by atoms with Crippen LogP contribution in [0.1, 0.15) is 53.2 Å². The number of nitrogens with one attached hydrogen (secondary N) is 1. The van der Waals surface area contributed by atoms with Crippen LogP contribution in [-0.2, 0) is 28.8 Å². The van der Waals surface area contributed by atoms with Crippen molar-refractivity contribution in [1.82, 2.24) is 5.32 Å². The fourth-order valence-corrected chi connectivity index (χ4v) is 4.24. The van der Waals surface area contributed by atoms with Gasteiger partial charge in [-0.3, -0.25) is 4.79 Å². The van der Waals surface area contributed by atoms with Gasteiger partial charge in [-0.2, -0.15) is 0 Å². The Hall–Kier alpha value is -3.68. The molecule has 0 spiro atoms. The van der Waals surface area contributed by atoms with E-state index in [0.717, 1.165) is 41.9 Å². The predicted octanol–water partition coefficient (Wildman–Crippen LogP) is 4.15. The van der Waals surface area contributed by atoms with Crippen LogP contribution in [0.3, 0.4) is 0 Å². The van der Waals surface area contributed by atoms with Gasteiger partial charge < -0.3 is 29.4 Å². The Bertz CT molecular complexity index is 1100. The molecule has 0 radical (unpaired) electrons. The number of phenols is 1. The number of phenolic OH excluding ortho intramolecular Hbond substituents is 1. The average molecular weight is 498 g/mol. The van der Waals surface area contributed by atoms with Crippen LogP contribution < -0.4 is 19.5 Å². The second-order valence-electron chi connectivity index (χ2n) is 8.51. The standard InChI is InChI=1S/C28H35NO7/c1-5-8-19-22(15-12-21(25(19)30)27(31)29-3)34-16-7-17-35-23-13-10-18-11-14-24(28(32)33-4)36-26(18)20(23)9-6-2/h5,10,12-13,15,24,30H,1,6-9,11,14,16-17H2,2-4H3,(H,29,31). The Balaban J connectivity index is 1.64. The van der Waals surface area contributed by atoms with E-state index < -0.39 is 6.10 Å². The lowest BCUT2D eigenvalue weighted by Gasteiger charge is -2.27. The maximum absolute atomic E-state index is 12.0. The summed E-state index contributed by atoms with van der Waals surface area (Å²) in [7, 11) is 2.88. The molecule has 2 aromatic rings. The molecular weight excluding hydrogens is 462 g/mol. The van der Waals surface area contributed by atoms with Crippen molar-refractivity contribution in [3.63, 3.8) is 0 Å². The monoisotopic (exact) mass is 497 g/mol. The Morgan fingerprint density at radius 3 is 2.50 bits per heavy atom. The number of aryl methyl sites for hydroxylation is 1. The van der Waals surface area contributed by atoms with Gasteiger partial charge in [0.2, 0.25) is 0 Å². The number of amides is 1. The van der Waals surface area contributed by atoms with Gasteiger partial charge in [0.15, 0.2) is 6.10 Å². The van der Waals surface area contributed by atoms with Gasteiger partial charge in [0.1, 0.15) is 23.0 Å². The molecule has 1 aliphatic heterocycles. The molecule has 2 N–H and O–H groups in total. The van der Waals surface area contributed by atoms with Gasteiger partial charge >= 0.3 is 5.97 Å². The summed E-state index contributed by atoms with van der Waals surface area (Å²) < 4.78 is 22.9. The Labute approximate surface area is 212 Å². The summed E-state index contributed by atoms with van der Waals surface area (Å²) in [5, 5.41) is 13.1. The van der Waals surface area contributed by atoms with Crippen molar-refractivity contribution in [1.29, 1.82) is 0 Å². The van der Waals surface area contributed by atoms with Crippen LogP contribution in [0.4, 0.5) is 0 Å². The average Bonchev–Trinajstić information content (AvgIpc) is 2.90. The Morgan fingerprint density at radius 1 is 1.17 bits per heavy atom. The first kappa shape index (κ1) is 26.9. The lowest BCUT2D eigenvalue weighted by molar-refractivity contribution is -0.149. The van der Waals surface area contributed by atoms with Crippen LogP contribution in [-0.4, -0.2) is 50.5 Å². The summed E-state index contributed by atoms with van der Waals surface area (Å²) in [6.45, 7) is 6.58. The van der Waals surface area contributed by atoms with Crippen molar-refractivity contribution in [2.75, 3.05) is 27.4 Å². The molecule has 1 amide bonds. The second kappa shape index (κ2) is 12.9. The van der Waals surface area contributed by atoms with Crippen LogP contribution in [0.25, 0.3) is 0 Å². The molecule has 2 aromatic carbocycles. The topological polar surface area (TPSA) is 103 Å². The summed E-state index contributed by atoms with van der Waals surface area (Å²) in [5.74, 6) is 1.13. The number of hydrogen-bond acceptors (Lipinski definition) is 7. The predicted molar refractivity (Wildman–Crippen MR) is 136 cm³/mol. The summed E-state index contributed by atoms with van der Waals surface area (Å²) >= 11 is 0. The summed E-state index contributed by atoms with van der Waals surface area (Å²) in [6.07, 6.45) is 5.03. The van der Waals surface area contributed by atoms with Gasteiger partial charge in [0.05, 0.1) is 25.9 Å². The SMILES string of the molecule is C=CCc1c(OCCCOc2ccc3c(c2CCC)OC(C(=O)OC)CC3)ccc(C(=O)NC)c1O. The molecule has 1 heterocycles. The van der Waals surface area contributed by atoms with Crippen molar-refractivity contribution >= 4 is 11.9 Å². The molecule has 194 valence electrons. The van der Waals surface area contributed by atoms with Gasteiger partial charge in [0.25, 0.3) is 5.91 Å². The second-order valence-corrected chi connectivity index (χ2v) is 8.51. The highest BCUT2D eigenvalue weighted by atomic mass is 16.6. The molecule has 1 aliphatic rings. The summed E-state index contributed by atoms with van der Waals surface area (Å²) in [5.41, 5.74) is 2.75. The Kier molecular flexibility index (Phi) is 9.61. The van der Waals surface area contributed by atoms with Crippen molar-refractivity contribution < 1.29 is 33.6 Å². The molecule has 0 saturated carbocycles. The number of ether oxygens (including phenoxy) is 4. The smallest absolute Gasteiger partial charge is 0.347 e. The summed E-state index contributed by atoms with van der Waals surface area (Å²) in [4.78, 5) is 24.0. The molecule has 1 unspecified atom stereocenters.